The zero-order valence-electron chi connectivity index (χ0n) is 12.1. The Kier molecular flexibility index (Phi) is 5.34. The molecule has 0 atom stereocenters. The minimum absolute atomic E-state index is 0.596. The van der Waals surface area contributed by atoms with E-state index in [1.54, 1.807) is 0 Å². The Bertz CT molecular complexity index is 389. The van der Waals surface area contributed by atoms with Crippen molar-refractivity contribution in [1.82, 2.24) is 9.97 Å². The van der Waals surface area contributed by atoms with Crippen LogP contribution < -0.4 is 16.2 Å². The molecule has 102 valence electrons. The lowest BCUT2D eigenvalue weighted by molar-refractivity contribution is 0.612. The first-order valence-electron chi connectivity index (χ1n) is 6.62. The molecule has 0 aromatic carbocycles. The number of hydrogen-bond donors (Lipinski definition) is 2. The van der Waals surface area contributed by atoms with Gasteiger partial charge in [0.2, 0.25) is 0 Å². The molecule has 0 bridgehead atoms. The van der Waals surface area contributed by atoms with Crippen molar-refractivity contribution in [2.45, 2.75) is 41.0 Å². The highest BCUT2D eigenvalue weighted by atomic mass is 15.3. The number of aromatic nitrogens is 2. The fourth-order valence-corrected chi connectivity index (χ4v) is 1.96. The average Bonchev–Trinajstić information content (AvgIpc) is 2.36. The van der Waals surface area contributed by atoms with Gasteiger partial charge in [0.25, 0.3) is 0 Å². The number of hydrogen-bond acceptors (Lipinski definition) is 5. The Morgan fingerprint density at radius 3 is 2.39 bits per heavy atom. The van der Waals surface area contributed by atoms with Crippen molar-refractivity contribution in [3.05, 3.63) is 11.4 Å². The average molecular weight is 251 g/mol. The van der Waals surface area contributed by atoms with Gasteiger partial charge in [0.15, 0.2) is 0 Å². The van der Waals surface area contributed by atoms with Crippen molar-refractivity contribution >= 4 is 11.6 Å². The van der Waals surface area contributed by atoms with Crippen molar-refractivity contribution in [3.8, 4) is 0 Å². The molecule has 0 saturated heterocycles. The van der Waals surface area contributed by atoms with Gasteiger partial charge in [-0.2, -0.15) is 0 Å². The molecule has 0 fully saturated rings. The van der Waals surface area contributed by atoms with Crippen LogP contribution in [0.3, 0.4) is 0 Å². The van der Waals surface area contributed by atoms with E-state index in [9.17, 15) is 0 Å². The quantitative estimate of drug-likeness (QED) is 0.599. The third-order valence-corrected chi connectivity index (χ3v) is 2.89. The highest BCUT2D eigenvalue weighted by Crippen LogP contribution is 2.23. The number of rotatable bonds is 6. The molecule has 3 N–H and O–H groups in total. The molecule has 5 heteroatoms. The molecule has 0 aliphatic heterocycles. The van der Waals surface area contributed by atoms with E-state index in [1.807, 2.05) is 13.8 Å². The maximum atomic E-state index is 5.53. The van der Waals surface area contributed by atoms with E-state index in [0.717, 1.165) is 42.5 Å². The number of aryl methyl sites for hydroxylation is 1. The topological polar surface area (TPSA) is 67.1 Å². The molecule has 0 unspecified atom stereocenters. The first-order chi connectivity index (χ1) is 8.53. The molecular formula is C13H25N5. The second-order valence-electron chi connectivity index (χ2n) is 4.87. The Morgan fingerprint density at radius 1 is 1.28 bits per heavy atom. The van der Waals surface area contributed by atoms with Crippen LogP contribution in [-0.4, -0.2) is 23.1 Å². The first-order valence-corrected chi connectivity index (χ1v) is 6.62. The van der Waals surface area contributed by atoms with Crippen LogP contribution in [0.5, 0.6) is 0 Å². The van der Waals surface area contributed by atoms with Crippen LogP contribution in [0.25, 0.3) is 0 Å². The molecule has 0 aliphatic carbocycles. The Morgan fingerprint density at radius 2 is 1.94 bits per heavy atom. The van der Waals surface area contributed by atoms with Gasteiger partial charge in [-0.05, 0) is 19.8 Å². The van der Waals surface area contributed by atoms with Gasteiger partial charge in [0, 0.05) is 25.1 Å². The second kappa shape index (κ2) is 6.54. The molecule has 1 rings (SSSR count). The third kappa shape index (κ3) is 3.32. The van der Waals surface area contributed by atoms with Gasteiger partial charge in [0.05, 0.1) is 0 Å². The lowest BCUT2D eigenvalue weighted by atomic mass is 10.2. The molecule has 5 nitrogen and oxygen atoms in total. The van der Waals surface area contributed by atoms with Crippen molar-refractivity contribution in [1.29, 1.82) is 0 Å². The van der Waals surface area contributed by atoms with Crippen LogP contribution in [0.1, 0.15) is 39.1 Å². The fourth-order valence-electron chi connectivity index (χ4n) is 1.96. The van der Waals surface area contributed by atoms with Gasteiger partial charge < -0.3 is 10.3 Å². The zero-order valence-corrected chi connectivity index (χ0v) is 12.1. The maximum absolute atomic E-state index is 5.53. The lowest BCUT2D eigenvalue weighted by Crippen LogP contribution is -2.30. The molecule has 18 heavy (non-hydrogen) atoms. The van der Waals surface area contributed by atoms with E-state index in [-0.39, 0.29) is 0 Å². The molecule has 0 radical (unpaired) electrons. The Hall–Kier alpha value is -1.36. The molecule has 1 heterocycles. The van der Waals surface area contributed by atoms with Crippen molar-refractivity contribution in [2.75, 3.05) is 23.4 Å². The summed E-state index contributed by atoms with van der Waals surface area (Å²) < 4.78 is 0. The normalized spacial score (nSPS) is 10.8. The van der Waals surface area contributed by atoms with E-state index in [2.05, 4.69) is 41.1 Å². The van der Waals surface area contributed by atoms with Gasteiger partial charge in [-0.1, -0.05) is 20.8 Å². The summed E-state index contributed by atoms with van der Waals surface area (Å²) in [5.41, 5.74) is 3.68. The minimum Gasteiger partial charge on any atom is -0.356 e. The highest BCUT2D eigenvalue weighted by molar-refractivity contribution is 5.58. The molecule has 0 saturated carbocycles. The summed E-state index contributed by atoms with van der Waals surface area (Å²) in [7, 11) is 0. The summed E-state index contributed by atoms with van der Waals surface area (Å²) in [5.74, 6) is 8.66. The predicted octanol–water partition coefficient (Wildman–Crippen LogP) is 2.12. The van der Waals surface area contributed by atoms with E-state index < -0.39 is 0 Å². The first kappa shape index (κ1) is 14.7. The molecular weight excluding hydrogens is 226 g/mol. The minimum atomic E-state index is 0.596. The molecule has 0 amide bonds. The fraction of sp³-hybridized carbons (Fsp3) is 0.692. The van der Waals surface area contributed by atoms with Crippen LogP contribution in [0, 0.1) is 12.8 Å². The van der Waals surface area contributed by atoms with E-state index in [4.69, 9.17) is 5.84 Å². The monoisotopic (exact) mass is 251 g/mol. The smallest absolute Gasteiger partial charge is 0.148 e. The van der Waals surface area contributed by atoms with Crippen molar-refractivity contribution in [3.63, 3.8) is 0 Å². The number of nitrogens with two attached hydrogens (primary N) is 1. The van der Waals surface area contributed by atoms with Gasteiger partial charge in [0.1, 0.15) is 17.5 Å². The van der Waals surface area contributed by atoms with Crippen LogP contribution in [-0.2, 0) is 6.42 Å². The SMILES string of the molecule is CCc1nc(NN)c(C)c(N(CC)CC(C)C)n1. The largest absolute Gasteiger partial charge is 0.356 e. The third-order valence-electron chi connectivity index (χ3n) is 2.89. The Labute approximate surface area is 110 Å². The second-order valence-corrected chi connectivity index (χ2v) is 4.87. The summed E-state index contributed by atoms with van der Waals surface area (Å²) in [4.78, 5) is 11.3. The highest BCUT2D eigenvalue weighted by Gasteiger charge is 2.15. The van der Waals surface area contributed by atoms with E-state index in [1.165, 1.54) is 0 Å². The van der Waals surface area contributed by atoms with Crippen molar-refractivity contribution in [2.24, 2.45) is 11.8 Å². The molecule has 1 aromatic heterocycles. The molecule has 0 spiro atoms. The van der Waals surface area contributed by atoms with Gasteiger partial charge in [-0.3, -0.25) is 0 Å². The van der Waals surface area contributed by atoms with Crippen LogP contribution in [0.15, 0.2) is 0 Å². The van der Waals surface area contributed by atoms with E-state index in [0.29, 0.717) is 5.92 Å². The summed E-state index contributed by atoms with van der Waals surface area (Å²) in [6.07, 6.45) is 0.807. The van der Waals surface area contributed by atoms with Gasteiger partial charge >= 0.3 is 0 Å². The number of nitrogens with zero attached hydrogens (tertiary/aromatic N) is 3. The van der Waals surface area contributed by atoms with Gasteiger partial charge in [-0.25, -0.2) is 15.8 Å². The zero-order chi connectivity index (χ0) is 13.7. The number of hydrazine groups is 1. The number of anilines is 2. The molecule has 0 aliphatic rings. The van der Waals surface area contributed by atoms with Crippen LogP contribution in [0.2, 0.25) is 0 Å². The maximum Gasteiger partial charge on any atom is 0.148 e. The standard InChI is InChI=1S/C13H25N5/c1-6-11-15-12(17-14)10(5)13(16-11)18(7-2)8-9(3)4/h9H,6-8,14H2,1-5H3,(H,15,16,17). The summed E-state index contributed by atoms with van der Waals surface area (Å²) in [6, 6.07) is 0. The van der Waals surface area contributed by atoms with Gasteiger partial charge in [-0.15, -0.1) is 0 Å². The van der Waals surface area contributed by atoms with E-state index >= 15 is 0 Å². The summed E-state index contributed by atoms with van der Waals surface area (Å²) >= 11 is 0. The van der Waals surface area contributed by atoms with Crippen molar-refractivity contribution < 1.29 is 0 Å². The summed E-state index contributed by atoms with van der Waals surface area (Å²) in [6.45, 7) is 12.5. The van der Waals surface area contributed by atoms with Crippen LogP contribution >= 0.6 is 0 Å². The lowest BCUT2D eigenvalue weighted by Gasteiger charge is -2.26. The number of nitrogen functional groups attached to an aromatic ring is 1. The molecule has 1 aromatic rings. The predicted molar refractivity (Wildman–Crippen MR) is 76.7 cm³/mol. The Balaban J connectivity index is 3.19. The number of nitrogens with one attached hydrogen (secondary N) is 1. The van der Waals surface area contributed by atoms with Crippen LogP contribution in [0.4, 0.5) is 11.6 Å². The summed E-state index contributed by atoms with van der Waals surface area (Å²) in [5, 5.41) is 0.